The van der Waals surface area contributed by atoms with Crippen molar-refractivity contribution in [3.05, 3.63) is 24.0 Å². The summed E-state index contributed by atoms with van der Waals surface area (Å²) in [6.45, 7) is 3.39. The van der Waals surface area contributed by atoms with Crippen LogP contribution in [0.1, 0.15) is 18.4 Å². The van der Waals surface area contributed by atoms with E-state index in [0.717, 1.165) is 18.7 Å². The van der Waals surface area contributed by atoms with E-state index in [1.165, 1.54) is 0 Å². The molecule has 1 saturated heterocycles. The number of aryl methyl sites for hydroxylation is 1. The summed E-state index contributed by atoms with van der Waals surface area (Å²) in [6.07, 6.45) is 4.52. The number of sulfonamides is 1. The highest BCUT2D eigenvalue weighted by Gasteiger charge is 2.27. The van der Waals surface area contributed by atoms with Crippen LogP contribution in [0.25, 0.3) is 0 Å². The zero-order valence-electron chi connectivity index (χ0n) is 9.81. The Kier molecular flexibility index (Phi) is 3.63. The molecule has 0 radical (unpaired) electrons. The van der Waals surface area contributed by atoms with Crippen LogP contribution in [0.5, 0.6) is 0 Å². The molecule has 94 valence electrons. The lowest BCUT2D eigenvalue weighted by Gasteiger charge is -2.23. The van der Waals surface area contributed by atoms with Gasteiger partial charge in [-0.05, 0) is 44.5 Å². The molecule has 0 aliphatic carbocycles. The largest absolute Gasteiger partial charge is 0.317 e. The first-order valence-corrected chi connectivity index (χ1v) is 7.27. The summed E-state index contributed by atoms with van der Waals surface area (Å²) < 4.78 is 26.9. The van der Waals surface area contributed by atoms with Crippen LogP contribution in [-0.4, -0.2) is 31.7 Å². The zero-order chi connectivity index (χ0) is 12.3. The van der Waals surface area contributed by atoms with E-state index in [-0.39, 0.29) is 5.25 Å². The molecule has 0 unspecified atom stereocenters. The van der Waals surface area contributed by atoms with Gasteiger partial charge in [0.15, 0.2) is 0 Å². The van der Waals surface area contributed by atoms with E-state index >= 15 is 0 Å². The number of nitrogens with zero attached hydrogens (tertiary/aromatic N) is 1. The van der Waals surface area contributed by atoms with Gasteiger partial charge in [-0.25, -0.2) is 8.42 Å². The summed E-state index contributed by atoms with van der Waals surface area (Å²) in [5, 5.41) is 2.86. The molecule has 0 bridgehead atoms. The molecule has 0 atom stereocenters. The molecule has 0 saturated carbocycles. The van der Waals surface area contributed by atoms with E-state index in [9.17, 15) is 8.42 Å². The van der Waals surface area contributed by atoms with Crippen molar-refractivity contribution in [1.29, 1.82) is 0 Å². The molecular weight excluding hydrogens is 238 g/mol. The van der Waals surface area contributed by atoms with Gasteiger partial charge in [-0.1, -0.05) is 0 Å². The van der Waals surface area contributed by atoms with E-state index in [0.29, 0.717) is 18.5 Å². The van der Waals surface area contributed by atoms with Crippen LogP contribution in [0, 0.1) is 6.92 Å². The third-order valence-electron chi connectivity index (χ3n) is 3.02. The van der Waals surface area contributed by atoms with Crippen molar-refractivity contribution < 1.29 is 8.42 Å². The molecule has 1 aliphatic heterocycles. The van der Waals surface area contributed by atoms with Crippen LogP contribution < -0.4 is 10.0 Å². The van der Waals surface area contributed by atoms with Gasteiger partial charge < -0.3 is 5.32 Å². The monoisotopic (exact) mass is 255 g/mol. The molecule has 1 fully saturated rings. The first kappa shape index (κ1) is 12.3. The molecule has 0 amide bonds. The van der Waals surface area contributed by atoms with Crippen molar-refractivity contribution in [2.24, 2.45) is 0 Å². The first-order valence-electron chi connectivity index (χ1n) is 5.72. The van der Waals surface area contributed by atoms with E-state index in [4.69, 9.17) is 0 Å². The van der Waals surface area contributed by atoms with Gasteiger partial charge in [-0.15, -0.1) is 0 Å². The highest BCUT2D eigenvalue weighted by Crippen LogP contribution is 2.19. The van der Waals surface area contributed by atoms with Crippen molar-refractivity contribution >= 4 is 15.7 Å². The Bertz CT molecular complexity index is 481. The molecule has 2 rings (SSSR count). The lowest BCUT2D eigenvalue weighted by molar-refractivity contribution is 0.499. The van der Waals surface area contributed by atoms with Gasteiger partial charge in [0, 0.05) is 6.20 Å². The fraction of sp³-hybridized carbons (Fsp3) is 0.545. The van der Waals surface area contributed by atoms with Crippen LogP contribution in [0.2, 0.25) is 0 Å². The Morgan fingerprint density at radius 2 is 2.12 bits per heavy atom. The molecule has 2 N–H and O–H groups in total. The van der Waals surface area contributed by atoms with Crippen molar-refractivity contribution in [1.82, 2.24) is 10.3 Å². The minimum absolute atomic E-state index is 0.302. The third-order valence-corrected chi connectivity index (χ3v) is 4.87. The standard InChI is InChI=1S/C11H17N3O2S/c1-9-2-5-13-8-11(9)14-17(15,16)10-3-6-12-7-4-10/h2,5,8,10,12,14H,3-4,6-7H2,1H3. The molecule has 17 heavy (non-hydrogen) atoms. The van der Waals surface area contributed by atoms with Crippen molar-refractivity contribution in [2.75, 3.05) is 17.8 Å². The molecule has 1 aromatic heterocycles. The maximum atomic E-state index is 12.1. The predicted molar refractivity (Wildman–Crippen MR) is 67.4 cm³/mol. The van der Waals surface area contributed by atoms with Gasteiger partial charge in [-0.2, -0.15) is 0 Å². The average molecular weight is 255 g/mol. The number of rotatable bonds is 3. The van der Waals surface area contributed by atoms with Crippen molar-refractivity contribution in [3.63, 3.8) is 0 Å². The van der Waals surface area contributed by atoms with E-state index < -0.39 is 10.0 Å². The molecule has 5 nitrogen and oxygen atoms in total. The molecule has 6 heteroatoms. The van der Waals surface area contributed by atoms with Crippen LogP contribution in [-0.2, 0) is 10.0 Å². The number of pyridine rings is 1. The molecule has 1 aromatic rings. The van der Waals surface area contributed by atoms with E-state index in [1.54, 1.807) is 18.5 Å². The number of aromatic nitrogens is 1. The Morgan fingerprint density at radius 3 is 2.76 bits per heavy atom. The molecule has 0 spiro atoms. The highest BCUT2D eigenvalue weighted by atomic mass is 32.2. The molecule has 2 heterocycles. The Balaban J connectivity index is 2.14. The smallest absolute Gasteiger partial charge is 0.235 e. The van der Waals surface area contributed by atoms with E-state index in [2.05, 4.69) is 15.0 Å². The second-order valence-electron chi connectivity index (χ2n) is 4.29. The van der Waals surface area contributed by atoms with Gasteiger partial charge in [0.2, 0.25) is 10.0 Å². The number of anilines is 1. The molecule has 0 aromatic carbocycles. The first-order chi connectivity index (χ1) is 8.09. The van der Waals surface area contributed by atoms with Crippen LogP contribution in [0.4, 0.5) is 5.69 Å². The predicted octanol–water partition coefficient (Wildman–Crippen LogP) is 0.884. The third kappa shape index (κ3) is 2.95. The van der Waals surface area contributed by atoms with Crippen LogP contribution in [0.3, 0.4) is 0 Å². The van der Waals surface area contributed by atoms with Crippen LogP contribution >= 0.6 is 0 Å². The summed E-state index contributed by atoms with van der Waals surface area (Å²) >= 11 is 0. The summed E-state index contributed by atoms with van der Waals surface area (Å²) in [7, 11) is -3.29. The minimum atomic E-state index is -3.29. The SMILES string of the molecule is Cc1ccncc1NS(=O)(=O)C1CCNCC1. The summed E-state index contributed by atoms with van der Waals surface area (Å²) in [4.78, 5) is 3.94. The summed E-state index contributed by atoms with van der Waals surface area (Å²) in [5.41, 5.74) is 1.46. The lowest BCUT2D eigenvalue weighted by Crippen LogP contribution is -2.38. The lowest BCUT2D eigenvalue weighted by atomic mass is 10.2. The maximum Gasteiger partial charge on any atom is 0.235 e. The number of piperidine rings is 1. The van der Waals surface area contributed by atoms with Crippen molar-refractivity contribution in [2.45, 2.75) is 25.0 Å². The number of nitrogens with one attached hydrogen (secondary N) is 2. The fourth-order valence-corrected chi connectivity index (χ4v) is 3.46. The normalized spacial score (nSPS) is 17.9. The van der Waals surface area contributed by atoms with Gasteiger partial charge in [-0.3, -0.25) is 9.71 Å². The Morgan fingerprint density at radius 1 is 1.41 bits per heavy atom. The number of hydrogen-bond donors (Lipinski definition) is 2. The highest BCUT2D eigenvalue weighted by molar-refractivity contribution is 7.93. The van der Waals surface area contributed by atoms with Crippen molar-refractivity contribution in [3.8, 4) is 0 Å². The zero-order valence-corrected chi connectivity index (χ0v) is 10.6. The van der Waals surface area contributed by atoms with Crippen LogP contribution in [0.15, 0.2) is 18.5 Å². The Hall–Kier alpha value is -1.14. The average Bonchev–Trinajstić information content (AvgIpc) is 2.33. The number of hydrogen-bond acceptors (Lipinski definition) is 4. The van der Waals surface area contributed by atoms with E-state index in [1.807, 2.05) is 6.92 Å². The van der Waals surface area contributed by atoms with Gasteiger partial charge in [0.05, 0.1) is 17.1 Å². The second-order valence-corrected chi connectivity index (χ2v) is 6.25. The topological polar surface area (TPSA) is 71.1 Å². The Labute approximate surface area is 102 Å². The quantitative estimate of drug-likeness (QED) is 0.841. The van der Waals surface area contributed by atoms with Gasteiger partial charge in [0.25, 0.3) is 0 Å². The molecule has 1 aliphatic rings. The van der Waals surface area contributed by atoms with Gasteiger partial charge in [0.1, 0.15) is 0 Å². The summed E-state index contributed by atoms with van der Waals surface area (Å²) in [6, 6.07) is 1.79. The fourth-order valence-electron chi connectivity index (χ4n) is 1.91. The summed E-state index contributed by atoms with van der Waals surface area (Å²) in [5.74, 6) is 0. The maximum absolute atomic E-state index is 12.1. The minimum Gasteiger partial charge on any atom is -0.317 e. The molecular formula is C11H17N3O2S. The second kappa shape index (κ2) is 5.01. The van der Waals surface area contributed by atoms with Gasteiger partial charge >= 0.3 is 0 Å².